The summed E-state index contributed by atoms with van der Waals surface area (Å²) in [6.07, 6.45) is 3.21. The summed E-state index contributed by atoms with van der Waals surface area (Å²) in [5, 5.41) is 7.03. The van der Waals surface area contributed by atoms with E-state index in [-0.39, 0.29) is 0 Å². The fourth-order valence-corrected chi connectivity index (χ4v) is 2.60. The first-order valence-corrected chi connectivity index (χ1v) is 9.36. The first-order chi connectivity index (χ1) is 11.2. The van der Waals surface area contributed by atoms with Crippen molar-refractivity contribution >= 4 is 34.8 Å². The second kappa shape index (κ2) is 9.43. The molecule has 0 heterocycles. The van der Waals surface area contributed by atoms with Crippen LogP contribution >= 0.6 is 24.0 Å². The molecule has 0 aliphatic heterocycles. The quantitative estimate of drug-likeness (QED) is 0.554. The second-order valence-electron chi connectivity index (χ2n) is 5.17. The number of rotatable bonds is 7. The van der Waals surface area contributed by atoms with Gasteiger partial charge in [-0.05, 0) is 74.0 Å². The maximum atomic E-state index is 5.81. The number of hydrogen-bond acceptors (Lipinski definition) is 3. The minimum absolute atomic E-state index is 0.651. The summed E-state index contributed by atoms with van der Waals surface area (Å²) in [5.41, 5.74) is 2.17. The summed E-state index contributed by atoms with van der Waals surface area (Å²) in [4.78, 5) is 0. The Kier molecular flexibility index (Phi) is 7.23. The van der Waals surface area contributed by atoms with Crippen LogP contribution in [-0.2, 0) is 0 Å². The molecule has 23 heavy (non-hydrogen) atoms. The van der Waals surface area contributed by atoms with Gasteiger partial charge >= 0.3 is 0 Å². The van der Waals surface area contributed by atoms with Crippen molar-refractivity contribution in [3.63, 3.8) is 0 Å². The largest absolute Gasteiger partial charge is 0.457 e. The number of anilines is 1. The number of thioether (sulfide) groups is 1. The third-order valence-corrected chi connectivity index (χ3v) is 4.12. The molecule has 0 radical (unpaired) electrons. The zero-order valence-corrected chi connectivity index (χ0v) is 15.1. The van der Waals surface area contributed by atoms with Gasteiger partial charge in [0.05, 0.1) is 0 Å². The highest BCUT2D eigenvalue weighted by molar-refractivity contribution is 7.98. The van der Waals surface area contributed by atoms with Gasteiger partial charge in [-0.3, -0.25) is 0 Å². The average molecular weight is 347 g/mol. The average Bonchev–Trinajstić information content (AvgIpc) is 2.56. The molecular weight excluding hydrogens is 324 g/mol. The minimum atomic E-state index is 0.651. The Morgan fingerprint density at radius 2 is 1.65 bits per heavy atom. The van der Waals surface area contributed by atoms with Crippen LogP contribution in [0.25, 0.3) is 0 Å². The Balaban J connectivity index is 1.82. The molecule has 2 aromatic rings. The van der Waals surface area contributed by atoms with Crippen molar-refractivity contribution in [2.24, 2.45) is 0 Å². The van der Waals surface area contributed by atoms with Crippen LogP contribution in [0.15, 0.2) is 48.5 Å². The second-order valence-corrected chi connectivity index (χ2v) is 6.56. The maximum absolute atomic E-state index is 5.81. The lowest BCUT2D eigenvalue weighted by molar-refractivity contribution is 0.482. The number of thiocarbonyl (C=S) groups is 1. The van der Waals surface area contributed by atoms with Crippen LogP contribution in [0.4, 0.5) is 5.69 Å². The van der Waals surface area contributed by atoms with Gasteiger partial charge in [-0.25, -0.2) is 0 Å². The summed E-state index contributed by atoms with van der Waals surface area (Å²) in [6, 6.07) is 15.8. The number of ether oxygens (including phenoxy) is 1. The molecule has 0 aliphatic carbocycles. The van der Waals surface area contributed by atoms with Crippen LogP contribution in [0.5, 0.6) is 11.5 Å². The molecule has 0 aromatic heterocycles. The van der Waals surface area contributed by atoms with E-state index >= 15 is 0 Å². The predicted molar refractivity (Wildman–Crippen MR) is 105 cm³/mol. The fraction of sp³-hybridized carbons (Fsp3) is 0.278. The summed E-state index contributed by atoms with van der Waals surface area (Å²) >= 11 is 7.12. The van der Waals surface area contributed by atoms with Crippen molar-refractivity contribution in [2.45, 2.75) is 13.3 Å². The minimum Gasteiger partial charge on any atom is -0.457 e. The Hall–Kier alpha value is -1.72. The zero-order chi connectivity index (χ0) is 16.5. The molecule has 0 aliphatic rings. The molecule has 0 saturated carbocycles. The monoisotopic (exact) mass is 346 g/mol. The van der Waals surface area contributed by atoms with Gasteiger partial charge in [0.15, 0.2) is 5.11 Å². The van der Waals surface area contributed by atoms with Crippen LogP contribution in [0.3, 0.4) is 0 Å². The maximum Gasteiger partial charge on any atom is 0.170 e. The first kappa shape index (κ1) is 17.6. The van der Waals surface area contributed by atoms with E-state index in [1.165, 1.54) is 5.56 Å². The van der Waals surface area contributed by atoms with Crippen molar-refractivity contribution in [2.75, 3.05) is 23.9 Å². The third kappa shape index (κ3) is 6.50. The van der Waals surface area contributed by atoms with E-state index in [9.17, 15) is 0 Å². The van der Waals surface area contributed by atoms with Gasteiger partial charge < -0.3 is 15.4 Å². The lowest BCUT2D eigenvalue weighted by Crippen LogP contribution is -2.29. The standard InChI is InChI=1S/C18H22N2OS2/c1-14-4-8-16(9-5-14)21-17-10-6-15(7-11-17)20-18(22)19-12-3-13-23-2/h4-11H,3,12-13H2,1-2H3,(H2,19,20,22). The van der Waals surface area contributed by atoms with Crippen molar-refractivity contribution in [1.29, 1.82) is 0 Å². The fourth-order valence-electron chi connectivity index (χ4n) is 1.94. The van der Waals surface area contributed by atoms with E-state index in [1.54, 1.807) is 0 Å². The van der Waals surface area contributed by atoms with E-state index < -0.39 is 0 Å². The number of benzene rings is 2. The van der Waals surface area contributed by atoms with Crippen LogP contribution < -0.4 is 15.4 Å². The highest BCUT2D eigenvalue weighted by Gasteiger charge is 2.00. The molecule has 2 aromatic carbocycles. The number of hydrogen-bond donors (Lipinski definition) is 2. The van der Waals surface area contributed by atoms with Crippen molar-refractivity contribution < 1.29 is 4.74 Å². The van der Waals surface area contributed by atoms with Crippen molar-refractivity contribution in [3.05, 3.63) is 54.1 Å². The van der Waals surface area contributed by atoms with E-state index in [2.05, 4.69) is 23.8 Å². The number of nitrogens with one attached hydrogen (secondary N) is 2. The Bertz CT molecular complexity index is 612. The Morgan fingerprint density at radius 1 is 1.04 bits per heavy atom. The molecular formula is C18H22N2OS2. The van der Waals surface area contributed by atoms with Gasteiger partial charge in [-0.2, -0.15) is 11.8 Å². The lowest BCUT2D eigenvalue weighted by Gasteiger charge is -2.11. The highest BCUT2D eigenvalue weighted by Crippen LogP contribution is 2.23. The van der Waals surface area contributed by atoms with Crippen LogP contribution in [0.2, 0.25) is 0 Å². The smallest absolute Gasteiger partial charge is 0.170 e. The molecule has 0 unspecified atom stereocenters. The van der Waals surface area contributed by atoms with Crippen LogP contribution in [0, 0.1) is 6.92 Å². The molecule has 3 nitrogen and oxygen atoms in total. The summed E-state index contributed by atoms with van der Waals surface area (Å²) in [5.74, 6) is 2.78. The Labute approximate surface area is 147 Å². The van der Waals surface area contributed by atoms with Gasteiger partial charge in [-0.1, -0.05) is 17.7 Å². The first-order valence-electron chi connectivity index (χ1n) is 7.56. The molecule has 0 fully saturated rings. The summed E-state index contributed by atoms with van der Waals surface area (Å²) in [6.45, 7) is 2.95. The SMILES string of the molecule is CSCCCNC(=S)Nc1ccc(Oc2ccc(C)cc2)cc1. The van der Waals surface area contributed by atoms with E-state index in [4.69, 9.17) is 17.0 Å². The molecule has 0 spiro atoms. The highest BCUT2D eigenvalue weighted by atomic mass is 32.2. The molecule has 122 valence electrons. The van der Waals surface area contributed by atoms with E-state index in [0.717, 1.165) is 35.9 Å². The normalized spacial score (nSPS) is 10.2. The van der Waals surface area contributed by atoms with Gasteiger partial charge in [0.2, 0.25) is 0 Å². The van der Waals surface area contributed by atoms with Crippen LogP contribution in [0.1, 0.15) is 12.0 Å². The Morgan fingerprint density at radius 3 is 2.26 bits per heavy atom. The van der Waals surface area contributed by atoms with E-state index in [1.807, 2.05) is 60.3 Å². The molecule has 0 bridgehead atoms. The number of aryl methyl sites for hydroxylation is 1. The van der Waals surface area contributed by atoms with Gasteiger partial charge in [0.25, 0.3) is 0 Å². The zero-order valence-electron chi connectivity index (χ0n) is 13.5. The molecule has 0 amide bonds. The summed E-state index contributed by atoms with van der Waals surface area (Å²) in [7, 11) is 0. The van der Waals surface area contributed by atoms with Gasteiger partial charge in [0, 0.05) is 12.2 Å². The summed E-state index contributed by atoms with van der Waals surface area (Å²) < 4.78 is 5.81. The molecule has 0 saturated heterocycles. The topological polar surface area (TPSA) is 33.3 Å². The molecule has 0 atom stereocenters. The molecule has 5 heteroatoms. The molecule has 2 rings (SSSR count). The van der Waals surface area contributed by atoms with Crippen molar-refractivity contribution in [3.8, 4) is 11.5 Å². The van der Waals surface area contributed by atoms with E-state index in [0.29, 0.717) is 5.11 Å². The lowest BCUT2D eigenvalue weighted by atomic mass is 10.2. The molecule has 2 N–H and O–H groups in total. The van der Waals surface area contributed by atoms with Crippen LogP contribution in [-0.4, -0.2) is 23.7 Å². The predicted octanol–water partition coefficient (Wildman–Crippen LogP) is 4.83. The third-order valence-electron chi connectivity index (χ3n) is 3.18. The van der Waals surface area contributed by atoms with Gasteiger partial charge in [-0.15, -0.1) is 0 Å². The van der Waals surface area contributed by atoms with Crippen molar-refractivity contribution in [1.82, 2.24) is 5.32 Å². The van der Waals surface area contributed by atoms with Gasteiger partial charge in [0.1, 0.15) is 11.5 Å².